The number of carbonyl (C=O) groups is 3. The highest BCUT2D eigenvalue weighted by Crippen LogP contribution is 2.51. The van der Waals surface area contributed by atoms with E-state index < -0.39 is 48.1 Å². The van der Waals surface area contributed by atoms with Gasteiger partial charge in [0.25, 0.3) is 5.91 Å². The molecule has 1 aromatic carbocycles. The Morgan fingerprint density at radius 3 is 2.75 bits per heavy atom. The van der Waals surface area contributed by atoms with E-state index in [1.807, 2.05) is 29.3 Å². The van der Waals surface area contributed by atoms with Gasteiger partial charge in [0.05, 0.1) is 32.3 Å². The van der Waals surface area contributed by atoms with E-state index in [0.717, 1.165) is 10.5 Å². The van der Waals surface area contributed by atoms with E-state index in [0.29, 0.717) is 5.57 Å². The maximum atomic E-state index is 15.4. The number of ether oxygens (including phenoxy) is 3. The van der Waals surface area contributed by atoms with Crippen molar-refractivity contribution in [3.63, 3.8) is 0 Å². The Morgan fingerprint density at radius 1 is 1.16 bits per heavy atom. The molecule has 0 bridgehead atoms. The number of hydrogen-bond acceptors (Lipinski definition) is 10. The minimum absolute atomic E-state index is 0.0919. The summed E-state index contributed by atoms with van der Waals surface area (Å²) in [6.07, 6.45) is -0.709. The van der Waals surface area contributed by atoms with E-state index in [-0.39, 0.29) is 74.4 Å². The van der Waals surface area contributed by atoms with Gasteiger partial charge in [-0.2, -0.15) is 5.01 Å². The summed E-state index contributed by atoms with van der Waals surface area (Å²) in [7, 11) is 0. The fourth-order valence-corrected chi connectivity index (χ4v) is 7.60. The zero-order valence-corrected chi connectivity index (χ0v) is 24.6. The number of nitrogens with zero attached hydrogens (tertiary/aromatic N) is 4. The Balaban J connectivity index is 1.31. The Hall–Kier alpha value is -3.72. The standard InChI is InChI=1S/C30H30F2N4O7S/c1-16(37)33-12-17(13-33)42-30(40)43-28-22(38)8-9-35-27(28)29(39)34-10-11-41-14-24(34)36(35)26-18-6-7-21(31)25(32)20(18)15-44-23-5-3-2-4-19(23)26/h2-5,8-9,17,22,24,26,38H,6-7,10-15H2,1H3/t22?,24?,26-/m0/s1. The van der Waals surface area contributed by atoms with E-state index in [1.54, 1.807) is 4.90 Å². The second-order valence-corrected chi connectivity index (χ2v) is 12.3. The number of likely N-dealkylation sites (tertiary alicyclic amines) is 1. The van der Waals surface area contributed by atoms with E-state index >= 15 is 4.39 Å². The summed E-state index contributed by atoms with van der Waals surface area (Å²) in [6, 6.07) is 6.98. The van der Waals surface area contributed by atoms with Crippen LogP contribution in [0.1, 0.15) is 31.4 Å². The van der Waals surface area contributed by atoms with Crippen LogP contribution in [0.5, 0.6) is 0 Å². The number of halogens is 2. The molecule has 2 amide bonds. The number of thioether (sulfide) groups is 1. The van der Waals surface area contributed by atoms with Crippen molar-refractivity contribution in [2.45, 2.75) is 49.1 Å². The molecule has 1 aromatic rings. The number of amides is 2. The predicted octanol–water partition coefficient (Wildman–Crippen LogP) is 3.28. The number of benzene rings is 1. The summed E-state index contributed by atoms with van der Waals surface area (Å²) in [4.78, 5) is 42.4. The molecule has 0 aromatic heterocycles. The lowest BCUT2D eigenvalue weighted by Gasteiger charge is -2.55. The van der Waals surface area contributed by atoms with E-state index in [9.17, 15) is 23.9 Å². The summed E-state index contributed by atoms with van der Waals surface area (Å²) in [5.41, 5.74) is 1.72. The molecule has 11 nitrogen and oxygen atoms in total. The first-order valence-corrected chi connectivity index (χ1v) is 15.4. The molecule has 2 unspecified atom stereocenters. The monoisotopic (exact) mass is 628 g/mol. The number of fused-ring (bicyclic) bond motifs is 3. The van der Waals surface area contributed by atoms with Crippen molar-refractivity contribution in [3.05, 3.63) is 76.4 Å². The molecule has 0 spiro atoms. The van der Waals surface area contributed by atoms with Crippen molar-refractivity contribution >= 4 is 29.7 Å². The Labute approximate surface area is 255 Å². The molecule has 6 aliphatic rings. The number of morpholine rings is 1. The van der Waals surface area contributed by atoms with E-state index in [2.05, 4.69) is 0 Å². The van der Waals surface area contributed by atoms with Crippen LogP contribution >= 0.6 is 11.8 Å². The van der Waals surface area contributed by atoms with Crippen LogP contribution in [0.15, 0.2) is 75.7 Å². The van der Waals surface area contributed by atoms with Gasteiger partial charge in [-0.3, -0.25) is 14.6 Å². The van der Waals surface area contributed by atoms with Crippen LogP contribution in [0.25, 0.3) is 0 Å². The first kappa shape index (κ1) is 29.0. The number of hydrogen-bond donors (Lipinski definition) is 1. The Morgan fingerprint density at radius 2 is 1.95 bits per heavy atom. The molecule has 232 valence electrons. The molecule has 3 fully saturated rings. The molecule has 0 saturated carbocycles. The second kappa shape index (κ2) is 11.3. The second-order valence-electron chi connectivity index (χ2n) is 11.2. The highest BCUT2D eigenvalue weighted by molar-refractivity contribution is 7.99. The molecule has 5 aliphatic heterocycles. The molecule has 7 rings (SSSR count). The maximum Gasteiger partial charge on any atom is 0.514 e. The first-order chi connectivity index (χ1) is 21.2. The smallest absolute Gasteiger partial charge is 0.427 e. The summed E-state index contributed by atoms with van der Waals surface area (Å²) >= 11 is 1.42. The van der Waals surface area contributed by atoms with Gasteiger partial charge in [-0.05, 0) is 29.7 Å². The van der Waals surface area contributed by atoms with Crippen LogP contribution in [-0.4, -0.2) is 99.9 Å². The number of allylic oxidation sites excluding steroid dienone is 2. The van der Waals surface area contributed by atoms with Gasteiger partial charge in [-0.1, -0.05) is 18.2 Å². The summed E-state index contributed by atoms with van der Waals surface area (Å²) in [5.74, 6) is -2.34. The fourth-order valence-electron chi connectivity index (χ4n) is 6.47. The van der Waals surface area contributed by atoms with Crippen LogP contribution in [-0.2, 0) is 23.8 Å². The average molecular weight is 629 g/mol. The lowest BCUT2D eigenvalue weighted by atomic mass is 9.86. The van der Waals surface area contributed by atoms with Crippen LogP contribution < -0.4 is 0 Å². The zero-order valence-electron chi connectivity index (χ0n) is 23.8. The van der Waals surface area contributed by atoms with Crippen LogP contribution in [0.4, 0.5) is 13.6 Å². The number of hydrazine groups is 1. The largest absolute Gasteiger partial charge is 0.514 e. The normalized spacial score (nSPS) is 27.3. The van der Waals surface area contributed by atoms with Crippen molar-refractivity contribution < 1.29 is 42.5 Å². The topological polar surface area (TPSA) is 112 Å². The number of aliphatic hydroxyl groups excluding tert-OH is 1. The molecule has 3 saturated heterocycles. The third-order valence-electron chi connectivity index (χ3n) is 8.70. The molecule has 44 heavy (non-hydrogen) atoms. The highest BCUT2D eigenvalue weighted by Gasteiger charge is 2.51. The molecule has 0 radical (unpaired) electrons. The molecule has 3 atom stereocenters. The first-order valence-electron chi connectivity index (χ1n) is 14.4. The van der Waals surface area contributed by atoms with Gasteiger partial charge in [0.1, 0.15) is 24.2 Å². The Kier molecular flexibility index (Phi) is 7.47. The molecular weight excluding hydrogens is 598 g/mol. The average Bonchev–Trinajstić information content (AvgIpc) is 3.15. The van der Waals surface area contributed by atoms with Gasteiger partial charge in [0.2, 0.25) is 5.91 Å². The van der Waals surface area contributed by atoms with Gasteiger partial charge < -0.3 is 29.1 Å². The van der Waals surface area contributed by atoms with E-state index in [4.69, 9.17) is 14.2 Å². The minimum atomic E-state index is -1.44. The van der Waals surface area contributed by atoms with Crippen molar-refractivity contribution in [2.75, 3.05) is 38.6 Å². The number of aliphatic hydroxyl groups is 1. The lowest BCUT2D eigenvalue weighted by molar-refractivity contribution is -0.191. The predicted molar refractivity (Wildman–Crippen MR) is 151 cm³/mol. The van der Waals surface area contributed by atoms with Crippen molar-refractivity contribution in [1.29, 1.82) is 0 Å². The third-order valence-corrected chi connectivity index (χ3v) is 9.81. The van der Waals surface area contributed by atoms with Crippen molar-refractivity contribution in [3.8, 4) is 0 Å². The lowest BCUT2D eigenvalue weighted by Crippen LogP contribution is -2.68. The summed E-state index contributed by atoms with van der Waals surface area (Å²) < 4.78 is 46.7. The van der Waals surface area contributed by atoms with Gasteiger partial charge in [0.15, 0.2) is 17.3 Å². The van der Waals surface area contributed by atoms with Gasteiger partial charge in [-0.15, -0.1) is 11.8 Å². The van der Waals surface area contributed by atoms with Crippen LogP contribution in [0.3, 0.4) is 0 Å². The fraction of sp³-hybridized carbons (Fsp3) is 0.433. The zero-order chi connectivity index (χ0) is 30.7. The molecule has 1 aliphatic carbocycles. The highest BCUT2D eigenvalue weighted by atomic mass is 32.2. The maximum absolute atomic E-state index is 15.4. The SMILES string of the molecule is CC(=O)N1CC(OC(=O)OC2=C3C(=O)N4CCOCC4N([C@H]4C5=C(CSc6ccccc64)C(F)=C(F)CC5)N3C=CC2O)C1. The number of rotatable bonds is 3. The molecule has 5 heterocycles. The molecule has 14 heteroatoms. The quantitative estimate of drug-likeness (QED) is 0.501. The summed E-state index contributed by atoms with van der Waals surface area (Å²) in [5, 5.41) is 14.4. The van der Waals surface area contributed by atoms with Gasteiger partial charge in [-0.25, -0.2) is 13.6 Å². The number of carbonyl (C=O) groups excluding carboxylic acids is 3. The van der Waals surface area contributed by atoms with Crippen molar-refractivity contribution in [2.24, 2.45) is 0 Å². The third kappa shape index (κ3) is 4.80. The molecular formula is C30H30F2N4O7S. The van der Waals surface area contributed by atoms with Crippen molar-refractivity contribution in [1.82, 2.24) is 19.8 Å². The Bertz CT molecular complexity index is 1550. The van der Waals surface area contributed by atoms with E-state index in [1.165, 1.54) is 40.9 Å². The molecule has 1 N–H and O–H groups in total. The summed E-state index contributed by atoms with van der Waals surface area (Å²) in [6.45, 7) is 2.47. The minimum Gasteiger partial charge on any atom is -0.427 e. The van der Waals surface area contributed by atoms with Crippen LogP contribution in [0, 0.1) is 0 Å². The van der Waals surface area contributed by atoms with Crippen LogP contribution in [0.2, 0.25) is 0 Å². The van der Waals surface area contributed by atoms with Gasteiger partial charge in [0, 0.05) is 42.3 Å². The van der Waals surface area contributed by atoms with Gasteiger partial charge >= 0.3 is 6.16 Å².